The van der Waals surface area contributed by atoms with Gasteiger partial charge in [0.05, 0.1) is 12.1 Å². The Kier molecular flexibility index (Phi) is 6.79. The number of amides is 2. The van der Waals surface area contributed by atoms with Crippen LogP contribution in [0.15, 0.2) is 66.3 Å². The summed E-state index contributed by atoms with van der Waals surface area (Å²) in [6, 6.07) is 15.4. The van der Waals surface area contributed by atoms with Crippen LogP contribution in [0.25, 0.3) is 11.1 Å². The molecule has 0 aliphatic carbocycles. The van der Waals surface area contributed by atoms with Gasteiger partial charge in [0.2, 0.25) is 0 Å². The van der Waals surface area contributed by atoms with Crippen LogP contribution in [0.1, 0.15) is 42.9 Å². The van der Waals surface area contributed by atoms with Gasteiger partial charge in [-0.1, -0.05) is 30.3 Å². The van der Waals surface area contributed by atoms with Crippen molar-refractivity contribution >= 4 is 17.4 Å². The summed E-state index contributed by atoms with van der Waals surface area (Å²) in [5.74, 6) is 0. The van der Waals surface area contributed by atoms with Crippen molar-refractivity contribution in [3.63, 3.8) is 0 Å². The molecule has 0 aliphatic heterocycles. The second kappa shape index (κ2) is 9.48. The number of benzene rings is 1. The summed E-state index contributed by atoms with van der Waals surface area (Å²) in [6.07, 6.45) is 3.46. The Bertz CT molecular complexity index is 867. The first-order chi connectivity index (χ1) is 13.5. The van der Waals surface area contributed by atoms with Gasteiger partial charge >= 0.3 is 6.03 Å². The number of pyridine rings is 1. The maximum Gasteiger partial charge on any atom is 0.315 e. The molecule has 3 unspecified atom stereocenters. The molecule has 2 aromatic heterocycles. The molecule has 28 heavy (non-hydrogen) atoms. The quantitative estimate of drug-likeness (QED) is 0.544. The molecular formula is C22H25N3O2S. The number of aromatic nitrogens is 1. The van der Waals surface area contributed by atoms with Gasteiger partial charge in [0.1, 0.15) is 0 Å². The maximum absolute atomic E-state index is 12.3. The topological polar surface area (TPSA) is 74.2 Å². The van der Waals surface area contributed by atoms with Crippen LogP contribution >= 0.6 is 11.3 Å². The zero-order valence-corrected chi connectivity index (χ0v) is 16.8. The Morgan fingerprint density at radius 1 is 1.04 bits per heavy atom. The van der Waals surface area contributed by atoms with Crippen molar-refractivity contribution in [1.82, 2.24) is 15.6 Å². The van der Waals surface area contributed by atoms with Crippen LogP contribution in [0.5, 0.6) is 0 Å². The van der Waals surface area contributed by atoms with E-state index in [0.717, 1.165) is 21.6 Å². The maximum atomic E-state index is 12.3. The molecule has 2 amide bonds. The number of carbonyl (C=O) groups is 1. The minimum absolute atomic E-state index is 0.124. The van der Waals surface area contributed by atoms with Crippen LogP contribution in [0.2, 0.25) is 0 Å². The molecule has 0 radical (unpaired) electrons. The predicted molar refractivity (Wildman–Crippen MR) is 113 cm³/mol. The van der Waals surface area contributed by atoms with Crippen molar-refractivity contribution in [3.8, 4) is 11.1 Å². The third-order valence-corrected chi connectivity index (χ3v) is 5.57. The second-order valence-corrected chi connectivity index (χ2v) is 7.84. The molecule has 5 nitrogen and oxygen atoms in total. The number of aliphatic hydroxyl groups is 1. The molecule has 2 heterocycles. The normalized spacial score (nSPS) is 14.1. The Hall–Kier alpha value is -2.70. The van der Waals surface area contributed by atoms with E-state index >= 15 is 0 Å². The summed E-state index contributed by atoms with van der Waals surface area (Å²) in [5.41, 5.74) is 3.25. The van der Waals surface area contributed by atoms with E-state index in [1.165, 1.54) is 11.3 Å². The van der Waals surface area contributed by atoms with E-state index in [-0.39, 0.29) is 18.1 Å². The van der Waals surface area contributed by atoms with E-state index in [0.29, 0.717) is 6.42 Å². The second-order valence-electron chi connectivity index (χ2n) is 6.87. The molecule has 0 aliphatic rings. The molecule has 0 fully saturated rings. The molecule has 6 heteroatoms. The molecule has 1 aromatic carbocycles. The lowest BCUT2D eigenvalue weighted by atomic mass is 10.0. The minimum atomic E-state index is -0.562. The molecule has 0 saturated carbocycles. The van der Waals surface area contributed by atoms with Gasteiger partial charge in [-0.2, -0.15) is 0 Å². The summed E-state index contributed by atoms with van der Waals surface area (Å²) in [6.45, 7) is 3.84. The number of hydrogen-bond donors (Lipinski definition) is 3. The third-order valence-electron chi connectivity index (χ3n) is 4.60. The fourth-order valence-corrected chi connectivity index (χ4v) is 3.77. The first-order valence-electron chi connectivity index (χ1n) is 9.32. The number of thiophene rings is 1. The third kappa shape index (κ3) is 5.41. The van der Waals surface area contributed by atoms with E-state index in [1.807, 2.05) is 67.8 Å². The van der Waals surface area contributed by atoms with E-state index in [4.69, 9.17) is 0 Å². The summed E-state index contributed by atoms with van der Waals surface area (Å²) in [7, 11) is 0. The Labute approximate surface area is 169 Å². The van der Waals surface area contributed by atoms with Crippen molar-refractivity contribution in [2.75, 3.05) is 0 Å². The highest BCUT2D eigenvalue weighted by molar-refractivity contribution is 7.10. The average molecular weight is 396 g/mol. The molecule has 0 saturated heterocycles. The van der Waals surface area contributed by atoms with Crippen molar-refractivity contribution in [2.24, 2.45) is 0 Å². The van der Waals surface area contributed by atoms with E-state index in [2.05, 4.69) is 15.6 Å². The number of hydrogen-bond acceptors (Lipinski definition) is 4. The number of carbonyl (C=O) groups excluding carboxylic acids is 1. The highest BCUT2D eigenvalue weighted by atomic mass is 32.1. The Balaban J connectivity index is 1.51. The van der Waals surface area contributed by atoms with Gasteiger partial charge in [-0.15, -0.1) is 11.3 Å². The molecule has 3 N–H and O–H groups in total. The van der Waals surface area contributed by atoms with Crippen LogP contribution in [-0.4, -0.2) is 22.2 Å². The van der Waals surface area contributed by atoms with E-state index in [9.17, 15) is 9.90 Å². The molecule has 0 spiro atoms. The van der Waals surface area contributed by atoms with Gasteiger partial charge in [-0.3, -0.25) is 4.98 Å². The van der Waals surface area contributed by atoms with Gasteiger partial charge in [0, 0.05) is 23.3 Å². The molecule has 3 rings (SSSR count). The largest absolute Gasteiger partial charge is 0.387 e. The lowest BCUT2D eigenvalue weighted by molar-refractivity contribution is 0.157. The SMILES string of the molecule is CC(CC(O)c1cccs1)NC(=O)NC(C)c1ccc(-c2ccncc2)cc1. The van der Waals surface area contributed by atoms with Gasteiger partial charge in [0.15, 0.2) is 0 Å². The summed E-state index contributed by atoms with van der Waals surface area (Å²) in [5, 5.41) is 18.0. The number of rotatable bonds is 7. The first-order valence-corrected chi connectivity index (χ1v) is 10.2. The van der Waals surface area contributed by atoms with Gasteiger partial charge < -0.3 is 15.7 Å². The molecule has 3 aromatic rings. The number of nitrogens with one attached hydrogen (secondary N) is 2. The predicted octanol–water partition coefficient (Wildman–Crippen LogP) is 4.68. The van der Waals surface area contributed by atoms with E-state index < -0.39 is 6.10 Å². The van der Waals surface area contributed by atoms with Crippen molar-refractivity contribution in [2.45, 2.75) is 38.5 Å². The van der Waals surface area contributed by atoms with Gasteiger partial charge in [-0.25, -0.2) is 4.79 Å². The van der Waals surface area contributed by atoms with Gasteiger partial charge in [0.25, 0.3) is 0 Å². The minimum Gasteiger partial charge on any atom is -0.387 e. The molecular weight excluding hydrogens is 370 g/mol. The lowest BCUT2D eigenvalue weighted by Gasteiger charge is -2.20. The number of nitrogens with zero attached hydrogens (tertiary/aromatic N) is 1. The first kappa shape index (κ1) is 20.0. The zero-order chi connectivity index (χ0) is 19.9. The summed E-state index contributed by atoms with van der Waals surface area (Å²) in [4.78, 5) is 17.2. The van der Waals surface area contributed by atoms with Crippen LogP contribution in [-0.2, 0) is 0 Å². The lowest BCUT2D eigenvalue weighted by Crippen LogP contribution is -2.42. The van der Waals surface area contributed by atoms with Crippen molar-refractivity contribution < 1.29 is 9.90 Å². The fourth-order valence-electron chi connectivity index (χ4n) is 3.04. The molecule has 146 valence electrons. The monoisotopic (exact) mass is 395 g/mol. The smallest absolute Gasteiger partial charge is 0.315 e. The van der Waals surface area contributed by atoms with Crippen molar-refractivity contribution in [1.29, 1.82) is 0 Å². The standard InChI is InChI=1S/C22H25N3O2S/c1-15(14-20(26)21-4-3-13-28-21)24-22(27)25-16(2)17-5-7-18(8-6-17)19-9-11-23-12-10-19/h3-13,15-16,20,26H,14H2,1-2H3,(H2,24,25,27). The summed E-state index contributed by atoms with van der Waals surface area (Å²) < 4.78 is 0. The van der Waals surface area contributed by atoms with Gasteiger partial charge in [-0.05, 0) is 60.5 Å². The fraction of sp³-hybridized carbons (Fsp3) is 0.273. The molecule has 0 bridgehead atoms. The van der Waals surface area contributed by atoms with Crippen LogP contribution < -0.4 is 10.6 Å². The number of urea groups is 1. The van der Waals surface area contributed by atoms with Crippen molar-refractivity contribution in [3.05, 3.63) is 76.7 Å². The van der Waals surface area contributed by atoms with E-state index in [1.54, 1.807) is 12.4 Å². The zero-order valence-electron chi connectivity index (χ0n) is 16.0. The van der Waals surface area contributed by atoms with Crippen LogP contribution in [0, 0.1) is 0 Å². The number of aliphatic hydroxyl groups excluding tert-OH is 1. The average Bonchev–Trinajstić information content (AvgIpc) is 3.23. The van der Waals surface area contributed by atoms with Crippen LogP contribution in [0.3, 0.4) is 0 Å². The van der Waals surface area contributed by atoms with Crippen LogP contribution in [0.4, 0.5) is 4.79 Å². The summed E-state index contributed by atoms with van der Waals surface area (Å²) >= 11 is 1.52. The highest BCUT2D eigenvalue weighted by Gasteiger charge is 2.16. The molecule has 3 atom stereocenters. The Morgan fingerprint density at radius 2 is 1.71 bits per heavy atom. The Morgan fingerprint density at radius 3 is 2.36 bits per heavy atom. The highest BCUT2D eigenvalue weighted by Crippen LogP contribution is 2.23.